The number of furan rings is 1. The molecule has 0 saturated heterocycles. The third-order valence-corrected chi connectivity index (χ3v) is 3.87. The van der Waals surface area contributed by atoms with Crippen LogP contribution < -0.4 is 15.0 Å². The number of methoxy groups -OCH3 is 2. The Hall–Kier alpha value is -3.28. The molecule has 0 aliphatic heterocycles. The molecular formula is C18H14N2O4. The molecule has 2 heterocycles. The first kappa shape index (κ1) is 14.3. The van der Waals surface area contributed by atoms with Crippen LogP contribution in [0, 0.1) is 0 Å². The van der Waals surface area contributed by atoms with Gasteiger partial charge in [-0.15, -0.1) is 0 Å². The number of aromatic amines is 1. The number of rotatable bonds is 3. The molecule has 0 saturated carbocycles. The lowest BCUT2D eigenvalue weighted by Gasteiger charge is -2.06. The van der Waals surface area contributed by atoms with Crippen LogP contribution in [0.15, 0.2) is 51.7 Å². The number of para-hydroxylation sites is 1. The Labute approximate surface area is 136 Å². The molecule has 0 unspecified atom stereocenters. The van der Waals surface area contributed by atoms with Crippen molar-refractivity contribution in [3.05, 3.63) is 52.8 Å². The first-order valence-electron chi connectivity index (χ1n) is 7.34. The van der Waals surface area contributed by atoms with Crippen LogP contribution in [0.5, 0.6) is 11.5 Å². The SMILES string of the molecule is COc1cc2cc(-c3nc4ccccc4c(=O)[nH]3)oc2cc1OC. The van der Waals surface area contributed by atoms with Crippen LogP contribution in [-0.4, -0.2) is 24.2 Å². The Balaban J connectivity index is 1.92. The molecular weight excluding hydrogens is 308 g/mol. The lowest BCUT2D eigenvalue weighted by molar-refractivity contribution is 0.355. The molecule has 0 aliphatic rings. The van der Waals surface area contributed by atoms with E-state index in [1.54, 1.807) is 38.5 Å². The van der Waals surface area contributed by atoms with Gasteiger partial charge in [0.05, 0.1) is 25.1 Å². The Morgan fingerprint density at radius 3 is 2.58 bits per heavy atom. The molecule has 6 nitrogen and oxygen atoms in total. The predicted octanol–water partition coefficient (Wildman–Crippen LogP) is 3.35. The van der Waals surface area contributed by atoms with Crippen LogP contribution in [0.1, 0.15) is 0 Å². The molecule has 0 radical (unpaired) electrons. The molecule has 0 atom stereocenters. The number of nitrogens with one attached hydrogen (secondary N) is 1. The topological polar surface area (TPSA) is 77.4 Å². The second-order valence-electron chi connectivity index (χ2n) is 5.29. The molecule has 0 fully saturated rings. The maximum absolute atomic E-state index is 12.2. The summed E-state index contributed by atoms with van der Waals surface area (Å²) in [6.45, 7) is 0. The van der Waals surface area contributed by atoms with Crippen molar-refractivity contribution in [1.82, 2.24) is 9.97 Å². The minimum Gasteiger partial charge on any atom is -0.493 e. The molecule has 2 aromatic carbocycles. The van der Waals surface area contributed by atoms with Crippen LogP contribution in [0.3, 0.4) is 0 Å². The summed E-state index contributed by atoms with van der Waals surface area (Å²) in [5.74, 6) is 2.04. The fourth-order valence-corrected chi connectivity index (χ4v) is 2.69. The van der Waals surface area contributed by atoms with Crippen molar-refractivity contribution in [2.45, 2.75) is 0 Å². The fraction of sp³-hybridized carbons (Fsp3) is 0.111. The molecule has 120 valence electrons. The summed E-state index contributed by atoms with van der Waals surface area (Å²) in [7, 11) is 3.14. The van der Waals surface area contributed by atoms with Crippen molar-refractivity contribution < 1.29 is 13.9 Å². The van der Waals surface area contributed by atoms with E-state index in [-0.39, 0.29) is 5.56 Å². The highest BCUT2D eigenvalue weighted by Crippen LogP contribution is 2.35. The van der Waals surface area contributed by atoms with Crippen LogP contribution in [0.25, 0.3) is 33.5 Å². The molecule has 24 heavy (non-hydrogen) atoms. The second kappa shape index (κ2) is 5.42. The summed E-state index contributed by atoms with van der Waals surface area (Å²) in [6.07, 6.45) is 0. The van der Waals surface area contributed by atoms with E-state index in [9.17, 15) is 4.79 Å². The van der Waals surface area contributed by atoms with Crippen LogP contribution in [0.2, 0.25) is 0 Å². The normalized spacial score (nSPS) is 11.1. The van der Waals surface area contributed by atoms with Crippen LogP contribution in [0.4, 0.5) is 0 Å². The van der Waals surface area contributed by atoms with E-state index in [1.165, 1.54) is 0 Å². The molecule has 0 bridgehead atoms. The number of aromatic nitrogens is 2. The molecule has 2 aromatic heterocycles. The molecule has 0 aliphatic carbocycles. The maximum Gasteiger partial charge on any atom is 0.259 e. The van der Waals surface area contributed by atoms with Gasteiger partial charge in [0.15, 0.2) is 23.1 Å². The van der Waals surface area contributed by atoms with Gasteiger partial charge in [0.1, 0.15) is 5.58 Å². The van der Waals surface area contributed by atoms with E-state index in [2.05, 4.69) is 9.97 Å². The van der Waals surface area contributed by atoms with Gasteiger partial charge >= 0.3 is 0 Å². The Bertz CT molecular complexity index is 1070. The molecule has 0 amide bonds. The minimum absolute atomic E-state index is 0.203. The van der Waals surface area contributed by atoms with Gasteiger partial charge in [-0.3, -0.25) is 4.79 Å². The number of ether oxygens (including phenoxy) is 2. The summed E-state index contributed by atoms with van der Waals surface area (Å²) in [5, 5.41) is 1.37. The van der Waals surface area contributed by atoms with Crippen molar-refractivity contribution in [3.8, 4) is 23.1 Å². The van der Waals surface area contributed by atoms with Crippen molar-refractivity contribution in [2.75, 3.05) is 14.2 Å². The molecule has 0 spiro atoms. The Morgan fingerprint density at radius 1 is 1.04 bits per heavy atom. The van der Waals surface area contributed by atoms with Gasteiger partial charge in [0.2, 0.25) is 0 Å². The summed E-state index contributed by atoms with van der Waals surface area (Å²) in [5.41, 5.74) is 1.04. The summed E-state index contributed by atoms with van der Waals surface area (Å²) in [6, 6.07) is 12.6. The molecule has 1 N–H and O–H groups in total. The van der Waals surface area contributed by atoms with Crippen molar-refractivity contribution in [1.29, 1.82) is 0 Å². The molecule has 6 heteroatoms. The zero-order valence-electron chi connectivity index (χ0n) is 13.1. The Morgan fingerprint density at radius 2 is 1.79 bits per heavy atom. The maximum atomic E-state index is 12.2. The largest absolute Gasteiger partial charge is 0.493 e. The van der Waals surface area contributed by atoms with Gasteiger partial charge in [-0.25, -0.2) is 4.98 Å². The van der Waals surface area contributed by atoms with E-state index in [0.29, 0.717) is 39.6 Å². The predicted molar refractivity (Wildman–Crippen MR) is 90.7 cm³/mol. The van der Waals surface area contributed by atoms with E-state index >= 15 is 0 Å². The second-order valence-corrected chi connectivity index (χ2v) is 5.29. The number of nitrogens with zero attached hydrogens (tertiary/aromatic N) is 1. The first-order valence-corrected chi connectivity index (χ1v) is 7.34. The van der Waals surface area contributed by atoms with Gasteiger partial charge < -0.3 is 18.9 Å². The highest BCUT2D eigenvalue weighted by molar-refractivity contribution is 5.86. The van der Waals surface area contributed by atoms with Gasteiger partial charge in [-0.05, 0) is 24.3 Å². The van der Waals surface area contributed by atoms with E-state index in [1.807, 2.05) is 18.2 Å². The quantitative estimate of drug-likeness (QED) is 0.626. The zero-order chi connectivity index (χ0) is 16.7. The van der Waals surface area contributed by atoms with Crippen LogP contribution in [-0.2, 0) is 0 Å². The van der Waals surface area contributed by atoms with E-state index < -0.39 is 0 Å². The summed E-state index contributed by atoms with van der Waals surface area (Å²) >= 11 is 0. The summed E-state index contributed by atoms with van der Waals surface area (Å²) in [4.78, 5) is 19.4. The number of fused-ring (bicyclic) bond motifs is 2. The standard InChI is InChI=1S/C18H14N2O4/c1-22-14-7-10-8-16(24-13(10)9-15(14)23-2)17-19-12-6-4-3-5-11(12)18(21)20-17/h3-9H,1-2H3,(H,19,20,21). The lowest BCUT2D eigenvalue weighted by atomic mass is 10.2. The van der Waals surface area contributed by atoms with Crippen LogP contribution >= 0.6 is 0 Å². The third-order valence-electron chi connectivity index (χ3n) is 3.87. The van der Waals surface area contributed by atoms with Gasteiger partial charge in [-0.1, -0.05) is 12.1 Å². The number of hydrogen-bond donors (Lipinski definition) is 1. The Kier molecular flexibility index (Phi) is 3.23. The molecule has 4 aromatic rings. The monoisotopic (exact) mass is 322 g/mol. The highest BCUT2D eigenvalue weighted by atomic mass is 16.5. The summed E-state index contributed by atoms with van der Waals surface area (Å²) < 4.78 is 16.4. The average Bonchev–Trinajstić information content (AvgIpc) is 3.03. The smallest absolute Gasteiger partial charge is 0.259 e. The number of benzene rings is 2. The third kappa shape index (κ3) is 2.20. The lowest BCUT2D eigenvalue weighted by Crippen LogP contribution is -2.08. The highest BCUT2D eigenvalue weighted by Gasteiger charge is 2.14. The number of H-pyrrole nitrogens is 1. The van der Waals surface area contributed by atoms with Crippen molar-refractivity contribution in [3.63, 3.8) is 0 Å². The van der Waals surface area contributed by atoms with Crippen molar-refractivity contribution >= 4 is 21.9 Å². The first-order chi connectivity index (χ1) is 11.7. The van der Waals surface area contributed by atoms with E-state index in [0.717, 1.165) is 5.39 Å². The van der Waals surface area contributed by atoms with Gasteiger partial charge in [0.25, 0.3) is 5.56 Å². The minimum atomic E-state index is -0.203. The number of hydrogen-bond acceptors (Lipinski definition) is 5. The zero-order valence-corrected chi connectivity index (χ0v) is 13.1. The van der Waals surface area contributed by atoms with E-state index in [4.69, 9.17) is 13.9 Å². The van der Waals surface area contributed by atoms with Gasteiger partial charge in [-0.2, -0.15) is 0 Å². The fourth-order valence-electron chi connectivity index (χ4n) is 2.69. The van der Waals surface area contributed by atoms with Gasteiger partial charge in [0, 0.05) is 11.5 Å². The average molecular weight is 322 g/mol. The molecule has 4 rings (SSSR count). The van der Waals surface area contributed by atoms with Crippen molar-refractivity contribution in [2.24, 2.45) is 0 Å².